The third-order valence-electron chi connectivity index (χ3n) is 4.49. The van der Waals surface area contributed by atoms with Crippen LogP contribution in [0.5, 0.6) is 11.5 Å². The fourth-order valence-corrected chi connectivity index (χ4v) is 2.95. The van der Waals surface area contributed by atoms with Crippen molar-refractivity contribution in [3.05, 3.63) is 101 Å². The van der Waals surface area contributed by atoms with Gasteiger partial charge in [-0.2, -0.15) is 0 Å². The second kappa shape index (κ2) is 8.79. The highest BCUT2D eigenvalue weighted by atomic mass is 19.1. The maximum atomic E-state index is 13.4. The molecular formula is C24H17F2NO4. The predicted molar refractivity (Wildman–Crippen MR) is 111 cm³/mol. The lowest BCUT2D eigenvalue weighted by Crippen LogP contribution is -2.05. The second-order valence-electron chi connectivity index (χ2n) is 6.67. The van der Waals surface area contributed by atoms with Gasteiger partial charge >= 0.3 is 5.97 Å². The lowest BCUT2D eigenvalue weighted by molar-refractivity contribution is -0.129. The third-order valence-corrected chi connectivity index (χ3v) is 4.49. The van der Waals surface area contributed by atoms with Gasteiger partial charge in [0.25, 0.3) is 0 Å². The van der Waals surface area contributed by atoms with Crippen LogP contribution in [-0.2, 0) is 16.1 Å². The largest absolute Gasteiger partial charge is 0.493 e. The minimum absolute atomic E-state index is 0.0435. The molecule has 1 aliphatic heterocycles. The zero-order valence-corrected chi connectivity index (χ0v) is 16.5. The summed E-state index contributed by atoms with van der Waals surface area (Å²) >= 11 is 0. The van der Waals surface area contributed by atoms with E-state index in [1.165, 1.54) is 37.4 Å². The van der Waals surface area contributed by atoms with Crippen LogP contribution in [0.1, 0.15) is 16.7 Å². The van der Waals surface area contributed by atoms with Gasteiger partial charge in [-0.1, -0.05) is 24.3 Å². The molecule has 1 aliphatic rings. The Kier molecular flexibility index (Phi) is 5.75. The number of cyclic esters (lactones) is 1. The van der Waals surface area contributed by atoms with Crippen LogP contribution in [0.25, 0.3) is 6.08 Å². The lowest BCUT2D eigenvalue weighted by atomic mass is 10.1. The van der Waals surface area contributed by atoms with Crippen molar-refractivity contribution < 1.29 is 27.8 Å². The van der Waals surface area contributed by atoms with E-state index in [0.717, 1.165) is 5.56 Å². The summed E-state index contributed by atoms with van der Waals surface area (Å²) in [5, 5.41) is 0. The fourth-order valence-electron chi connectivity index (χ4n) is 2.95. The van der Waals surface area contributed by atoms with Crippen LogP contribution in [0.3, 0.4) is 0 Å². The SMILES string of the molecule is COc1cc(/C=C2\N=C(c3cccc(F)c3)OC2=O)ccc1OCc1ccc(F)cc1. The van der Waals surface area contributed by atoms with Crippen LogP contribution in [0.15, 0.2) is 77.4 Å². The molecule has 31 heavy (non-hydrogen) atoms. The Morgan fingerprint density at radius 1 is 0.968 bits per heavy atom. The summed E-state index contributed by atoms with van der Waals surface area (Å²) in [6, 6.07) is 16.8. The molecule has 5 nitrogen and oxygen atoms in total. The molecule has 4 rings (SSSR count). The molecular weight excluding hydrogens is 404 g/mol. The van der Waals surface area contributed by atoms with Crippen LogP contribution in [-0.4, -0.2) is 19.0 Å². The first-order valence-corrected chi connectivity index (χ1v) is 9.35. The number of halogens is 2. The van der Waals surface area contributed by atoms with Crippen molar-refractivity contribution in [2.45, 2.75) is 6.61 Å². The standard InChI is InChI=1S/C24H17F2NO4/c1-29-22-12-16(7-10-21(22)30-14-15-5-8-18(25)9-6-15)11-20-24(28)31-23(27-20)17-3-2-4-19(26)13-17/h2-13H,14H2,1H3/b20-11-. The van der Waals surface area contributed by atoms with Gasteiger partial charge in [-0.3, -0.25) is 0 Å². The average molecular weight is 421 g/mol. The first-order chi connectivity index (χ1) is 15.0. The van der Waals surface area contributed by atoms with E-state index in [0.29, 0.717) is 22.6 Å². The van der Waals surface area contributed by atoms with Crippen LogP contribution < -0.4 is 9.47 Å². The minimum atomic E-state index is -0.630. The maximum absolute atomic E-state index is 13.4. The van der Waals surface area contributed by atoms with Gasteiger partial charge in [-0.25, -0.2) is 18.6 Å². The molecule has 0 N–H and O–H groups in total. The Morgan fingerprint density at radius 2 is 1.77 bits per heavy atom. The Labute approximate surface area is 177 Å². The number of benzene rings is 3. The zero-order chi connectivity index (χ0) is 21.8. The van der Waals surface area contributed by atoms with Gasteiger partial charge < -0.3 is 14.2 Å². The minimum Gasteiger partial charge on any atom is -0.493 e. The molecule has 0 spiro atoms. The molecule has 0 atom stereocenters. The zero-order valence-electron chi connectivity index (χ0n) is 16.5. The topological polar surface area (TPSA) is 57.1 Å². The average Bonchev–Trinajstić information content (AvgIpc) is 3.14. The number of methoxy groups -OCH3 is 1. The van der Waals surface area contributed by atoms with E-state index in [9.17, 15) is 13.6 Å². The Morgan fingerprint density at radius 3 is 2.52 bits per heavy atom. The second-order valence-corrected chi connectivity index (χ2v) is 6.67. The number of hydrogen-bond acceptors (Lipinski definition) is 5. The quantitative estimate of drug-likeness (QED) is 0.420. The molecule has 0 saturated heterocycles. The molecule has 7 heteroatoms. The van der Waals surface area contributed by atoms with Crippen molar-refractivity contribution in [2.24, 2.45) is 4.99 Å². The van der Waals surface area contributed by atoms with E-state index < -0.39 is 11.8 Å². The van der Waals surface area contributed by atoms with Crippen molar-refractivity contribution in [3.63, 3.8) is 0 Å². The lowest BCUT2D eigenvalue weighted by Gasteiger charge is -2.11. The number of esters is 1. The van der Waals surface area contributed by atoms with Crippen LogP contribution >= 0.6 is 0 Å². The number of nitrogens with zero attached hydrogens (tertiary/aromatic N) is 1. The summed E-state index contributed by atoms with van der Waals surface area (Å²) in [4.78, 5) is 16.3. The predicted octanol–water partition coefficient (Wildman–Crippen LogP) is 4.90. The van der Waals surface area contributed by atoms with Gasteiger partial charge in [0.15, 0.2) is 17.2 Å². The molecule has 156 valence electrons. The smallest absolute Gasteiger partial charge is 0.363 e. The van der Waals surface area contributed by atoms with Crippen molar-refractivity contribution in [1.29, 1.82) is 0 Å². The van der Waals surface area contributed by atoms with Gasteiger partial charge in [0.1, 0.15) is 18.2 Å². The summed E-state index contributed by atoms with van der Waals surface area (Å²) < 4.78 is 42.7. The Bertz CT molecular complexity index is 1190. The van der Waals surface area contributed by atoms with E-state index in [1.54, 1.807) is 42.5 Å². The summed E-state index contributed by atoms with van der Waals surface area (Å²) in [5.74, 6) is -0.400. The first kappa shape index (κ1) is 20.3. The number of carbonyl (C=O) groups is 1. The van der Waals surface area contributed by atoms with Crippen LogP contribution in [0.4, 0.5) is 8.78 Å². The van der Waals surface area contributed by atoms with Crippen LogP contribution in [0, 0.1) is 11.6 Å². The first-order valence-electron chi connectivity index (χ1n) is 9.35. The third kappa shape index (κ3) is 4.78. The van der Waals surface area contributed by atoms with Crippen molar-refractivity contribution in [2.75, 3.05) is 7.11 Å². The molecule has 0 radical (unpaired) electrons. The molecule has 0 aromatic heterocycles. The number of carbonyl (C=O) groups excluding carboxylic acids is 1. The molecule has 0 saturated carbocycles. The molecule has 0 aliphatic carbocycles. The summed E-state index contributed by atoms with van der Waals surface area (Å²) in [6.45, 7) is 0.241. The number of ether oxygens (including phenoxy) is 3. The maximum Gasteiger partial charge on any atom is 0.363 e. The highest BCUT2D eigenvalue weighted by Gasteiger charge is 2.24. The van der Waals surface area contributed by atoms with Gasteiger partial charge in [0.2, 0.25) is 5.90 Å². The molecule has 3 aromatic carbocycles. The highest BCUT2D eigenvalue weighted by Crippen LogP contribution is 2.30. The highest BCUT2D eigenvalue weighted by molar-refractivity contribution is 6.12. The number of aliphatic imine (C=N–C) groups is 1. The molecule has 0 amide bonds. The summed E-state index contributed by atoms with van der Waals surface area (Å²) in [7, 11) is 1.50. The van der Waals surface area contributed by atoms with Gasteiger partial charge in [-0.05, 0) is 59.7 Å². The van der Waals surface area contributed by atoms with Crippen molar-refractivity contribution in [1.82, 2.24) is 0 Å². The number of hydrogen-bond donors (Lipinski definition) is 0. The van der Waals surface area contributed by atoms with E-state index in [1.807, 2.05) is 0 Å². The Balaban J connectivity index is 1.53. The monoisotopic (exact) mass is 421 g/mol. The van der Waals surface area contributed by atoms with E-state index in [-0.39, 0.29) is 24.0 Å². The molecule has 0 bridgehead atoms. The van der Waals surface area contributed by atoms with E-state index in [2.05, 4.69) is 4.99 Å². The fraction of sp³-hybridized carbons (Fsp3) is 0.0833. The summed E-state index contributed by atoms with van der Waals surface area (Å²) in [5.41, 5.74) is 1.91. The van der Waals surface area contributed by atoms with Crippen LogP contribution in [0.2, 0.25) is 0 Å². The number of rotatable bonds is 6. The summed E-state index contributed by atoms with van der Waals surface area (Å²) in [6.07, 6.45) is 1.54. The molecule has 1 heterocycles. The van der Waals surface area contributed by atoms with E-state index in [4.69, 9.17) is 14.2 Å². The van der Waals surface area contributed by atoms with E-state index >= 15 is 0 Å². The van der Waals surface area contributed by atoms with Crippen molar-refractivity contribution >= 4 is 17.9 Å². The van der Waals surface area contributed by atoms with Crippen molar-refractivity contribution in [3.8, 4) is 11.5 Å². The normalized spacial score (nSPS) is 14.4. The van der Waals surface area contributed by atoms with Gasteiger partial charge in [-0.15, -0.1) is 0 Å². The Hall–Kier alpha value is -4.00. The van der Waals surface area contributed by atoms with Gasteiger partial charge in [0.05, 0.1) is 7.11 Å². The van der Waals surface area contributed by atoms with Gasteiger partial charge in [0, 0.05) is 5.56 Å². The molecule has 3 aromatic rings. The molecule has 0 unspecified atom stereocenters. The molecule has 0 fully saturated rings.